The number of hydrogen-bond donors (Lipinski definition) is 2. The van der Waals surface area contributed by atoms with Gasteiger partial charge in [-0.25, -0.2) is 0 Å². The van der Waals surface area contributed by atoms with Gasteiger partial charge in [-0.15, -0.1) is 0 Å². The number of aromatic nitrogens is 3. The molecule has 2 aromatic heterocycles. The Labute approximate surface area is 181 Å². The highest BCUT2D eigenvalue weighted by Crippen LogP contribution is 2.22. The fourth-order valence-electron chi connectivity index (χ4n) is 3.91. The fraction of sp³-hybridized carbons (Fsp3) is 0.333. The summed E-state index contributed by atoms with van der Waals surface area (Å²) in [6, 6.07) is 15.7. The van der Waals surface area contributed by atoms with E-state index in [1.807, 2.05) is 30.3 Å². The first kappa shape index (κ1) is 20.8. The number of H-pyrrole nitrogens is 1. The number of aromatic amines is 1. The minimum absolute atomic E-state index is 0.0569. The normalized spacial score (nSPS) is 15.5. The van der Waals surface area contributed by atoms with Crippen molar-refractivity contribution in [3.05, 3.63) is 72.2 Å². The van der Waals surface area contributed by atoms with Crippen molar-refractivity contribution in [2.24, 2.45) is 5.92 Å². The second-order valence-corrected chi connectivity index (χ2v) is 8.03. The minimum Gasteiger partial charge on any atom is -0.355 e. The molecule has 0 radical (unpaired) electrons. The van der Waals surface area contributed by atoms with Crippen LogP contribution in [0.25, 0.3) is 11.3 Å². The Kier molecular flexibility index (Phi) is 6.40. The van der Waals surface area contributed by atoms with E-state index in [9.17, 15) is 9.59 Å². The Morgan fingerprint density at radius 1 is 1.13 bits per heavy atom. The van der Waals surface area contributed by atoms with Crippen LogP contribution in [-0.4, -0.2) is 51.5 Å². The van der Waals surface area contributed by atoms with Gasteiger partial charge >= 0.3 is 0 Å². The molecular formula is C24H27N5O2. The Bertz CT molecular complexity index is 1010. The highest BCUT2D eigenvalue weighted by molar-refractivity contribution is 5.93. The Balaban J connectivity index is 1.27. The molecule has 3 aromatic rings. The van der Waals surface area contributed by atoms with Crippen molar-refractivity contribution in [2.45, 2.75) is 25.7 Å². The van der Waals surface area contributed by atoms with Crippen LogP contribution in [0.3, 0.4) is 0 Å². The maximum atomic E-state index is 12.8. The van der Waals surface area contributed by atoms with Gasteiger partial charge in [0.05, 0.1) is 5.69 Å². The lowest BCUT2D eigenvalue weighted by Crippen LogP contribution is -2.43. The summed E-state index contributed by atoms with van der Waals surface area (Å²) in [5, 5.41) is 10.2. The van der Waals surface area contributed by atoms with Gasteiger partial charge < -0.3 is 10.2 Å². The number of rotatable bonds is 6. The average Bonchev–Trinajstić information content (AvgIpc) is 3.33. The number of benzene rings is 1. The van der Waals surface area contributed by atoms with Gasteiger partial charge in [0.15, 0.2) is 5.69 Å². The maximum absolute atomic E-state index is 12.8. The topological polar surface area (TPSA) is 91.0 Å². The minimum atomic E-state index is -0.104. The van der Waals surface area contributed by atoms with Crippen LogP contribution in [0.15, 0.2) is 60.9 Å². The van der Waals surface area contributed by atoms with Crippen molar-refractivity contribution in [1.29, 1.82) is 0 Å². The van der Waals surface area contributed by atoms with Crippen molar-refractivity contribution >= 4 is 11.8 Å². The molecule has 1 aromatic carbocycles. The summed E-state index contributed by atoms with van der Waals surface area (Å²) in [6.07, 6.45) is 4.74. The first-order valence-corrected chi connectivity index (χ1v) is 10.7. The van der Waals surface area contributed by atoms with E-state index in [-0.39, 0.29) is 23.7 Å². The van der Waals surface area contributed by atoms with Gasteiger partial charge in [-0.05, 0) is 42.5 Å². The van der Waals surface area contributed by atoms with E-state index in [2.05, 4.69) is 39.6 Å². The highest BCUT2D eigenvalue weighted by atomic mass is 16.2. The molecule has 0 unspecified atom stereocenters. The predicted molar refractivity (Wildman–Crippen MR) is 118 cm³/mol. The van der Waals surface area contributed by atoms with Crippen LogP contribution in [0.4, 0.5) is 0 Å². The van der Waals surface area contributed by atoms with Gasteiger partial charge in [-0.3, -0.25) is 19.7 Å². The van der Waals surface area contributed by atoms with Crippen LogP contribution in [0.2, 0.25) is 0 Å². The smallest absolute Gasteiger partial charge is 0.274 e. The van der Waals surface area contributed by atoms with Gasteiger partial charge in [-0.1, -0.05) is 37.3 Å². The third kappa shape index (κ3) is 4.99. The average molecular weight is 418 g/mol. The lowest BCUT2D eigenvalue weighted by molar-refractivity contribution is -0.126. The molecular weight excluding hydrogens is 390 g/mol. The highest BCUT2D eigenvalue weighted by Gasteiger charge is 2.29. The third-order valence-corrected chi connectivity index (χ3v) is 5.89. The molecule has 1 aliphatic rings. The van der Waals surface area contributed by atoms with Crippen molar-refractivity contribution in [3.63, 3.8) is 0 Å². The summed E-state index contributed by atoms with van der Waals surface area (Å²) in [4.78, 5) is 31.2. The summed E-state index contributed by atoms with van der Waals surface area (Å²) in [5.74, 6) is 0.183. The van der Waals surface area contributed by atoms with Crippen LogP contribution in [-0.2, 0) is 4.79 Å². The van der Waals surface area contributed by atoms with Crippen molar-refractivity contribution in [1.82, 2.24) is 25.4 Å². The summed E-state index contributed by atoms with van der Waals surface area (Å²) in [7, 11) is 0. The number of carbonyl (C=O) groups is 2. The predicted octanol–water partition coefficient (Wildman–Crippen LogP) is 3.24. The summed E-state index contributed by atoms with van der Waals surface area (Å²) < 4.78 is 0. The van der Waals surface area contributed by atoms with E-state index in [4.69, 9.17) is 0 Å². The van der Waals surface area contributed by atoms with E-state index in [0.29, 0.717) is 38.2 Å². The number of hydrogen-bond acceptors (Lipinski definition) is 4. The van der Waals surface area contributed by atoms with Gasteiger partial charge in [0.1, 0.15) is 0 Å². The van der Waals surface area contributed by atoms with E-state index >= 15 is 0 Å². The number of piperidine rings is 1. The SMILES string of the molecule is C[C@@H](CNC(=O)C1CCN(C(=O)c2cc(-c3ccncc3)[nH]n2)CC1)c1ccccc1. The molecule has 2 N–H and O–H groups in total. The number of nitrogens with zero attached hydrogens (tertiary/aromatic N) is 3. The zero-order valence-corrected chi connectivity index (χ0v) is 17.6. The molecule has 1 saturated heterocycles. The van der Waals surface area contributed by atoms with Gasteiger partial charge in [0, 0.05) is 43.5 Å². The van der Waals surface area contributed by atoms with Crippen LogP contribution in [0.5, 0.6) is 0 Å². The second kappa shape index (κ2) is 9.55. The molecule has 1 atom stereocenters. The van der Waals surface area contributed by atoms with E-state index in [1.165, 1.54) is 5.56 Å². The summed E-state index contributed by atoms with van der Waals surface area (Å²) in [6.45, 7) is 3.85. The van der Waals surface area contributed by atoms with Gasteiger partial charge in [-0.2, -0.15) is 5.10 Å². The number of amides is 2. The van der Waals surface area contributed by atoms with Crippen molar-refractivity contribution in [3.8, 4) is 11.3 Å². The Morgan fingerprint density at radius 3 is 2.55 bits per heavy atom. The maximum Gasteiger partial charge on any atom is 0.274 e. The second-order valence-electron chi connectivity index (χ2n) is 8.03. The quantitative estimate of drug-likeness (QED) is 0.644. The number of nitrogens with one attached hydrogen (secondary N) is 2. The number of carbonyl (C=O) groups excluding carboxylic acids is 2. The molecule has 0 spiro atoms. The van der Waals surface area contributed by atoms with Gasteiger partial charge in [0.25, 0.3) is 5.91 Å². The summed E-state index contributed by atoms with van der Waals surface area (Å²) >= 11 is 0. The fourth-order valence-corrected chi connectivity index (χ4v) is 3.91. The molecule has 3 heterocycles. The molecule has 4 rings (SSSR count). The van der Waals surface area contributed by atoms with E-state index < -0.39 is 0 Å². The lowest BCUT2D eigenvalue weighted by Gasteiger charge is -2.31. The van der Waals surface area contributed by atoms with Crippen LogP contribution in [0.1, 0.15) is 41.7 Å². The first-order valence-electron chi connectivity index (χ1n) is 10.7. The molecule has 1 aliphatic heterocycles. The summed E-state index contributed by atoms with van der Waals surface area (Å²) in [5.41, 5.74) is 3.33. The monoisotopic (exact) mass is 417 g/mol. The van der Waals surface area contributed by atoms with Crippen LogP contribution < -0.4 is 5.32 Å². The number of likely N-dealkylation sites (tertiary alicyclic amines) is 1. The Hall–Kier alpha value is -3.48. The lowest BCUT2D eigenvalue weighted by atomic mass is 9.95. The Morgan fingerprint density at radius 2 is 1.84 bits per heavy atom. The van der Waals surface area contributed by atoms with E-state index in [0.717, 1.165) is 11.3 Å². The molecule has 0 bridgehead atoms. The molecule has 2 amide bonds. The zero-order chi connectivity index (χ0) is 21.6. The van der Waals surface area contributed by atoms with Gasteiger partial charge in [0.2, 0.25) is 5.91 Å². The molecule has 160 valence electrons. The number of pyridine rings is 1. The van der Waals surface area contributed by atoms with Crippen LogP contribution in [0, 0.1) is 5.92 Å². The largest absolute Gasteiger partial charge is 0.355 e. The van der Waals surface area contributed by atoms with Crippen molar-refractivity contribution < 1.29 is 9.59 Å². The molecule has 7 nitrogen and oxygen atoms in total. The molecule has 0 saturated carbocycles. The molecule has 0 aliphatic carbocycles. The molecule has 31 heavy (non-hydrogen) atoms. The standard InChI is InChI=1S/C24H27N5O2/c1-17(18-5-3-2-4-6-18)16-26-23(30)20-9-13-29(14-10-20)24(31)22-15-21(27-28-22)19-7-11-25-12-8-19/h2-8,11-12,15,17,20H,9-10,13-14,16H2,1H3,(H,26,30)(H,27,28)/t17-/m0/s1. The first-order chi connectivity index (χ1) is 15.1. The van der Waals surface area contributed by atoms with Crippen molar-refractivity contribution in [2.75, 3.05) is 19.6 Å². The molecule has 7 heteroatoms. The van der Waals surface area contributed by atoms with E-state index in [1.54, 1.807) is 23.4 Å². The van der Waals surface area contributed by atoms with Crippen LogP contribution >= 0.6 is 0 Å². The zero-order valence-electron chi connectivity index (χ0n) is 17.6. The molecule has 1 fully saturated rings. The third-order valence-electron chi connectivity index (χ3n) is 5.89.